The van der Waals surface area contributed by atoms with Crippen LogP contribution in [0.15, 0.2) is 65.1 Å². The molecule has 2 aromatic carbocycles. The summed E-state index contributed by atoms with van der Waals surface area (Å²) < 4.78 is 12.3. The molecule has 0 atom stereocenters. The molecule has 3 rings (SSSR count). The summed E-state index contributed by atoms with van der Waals surface area (Å²) in [5, 5.41) is 0. The zero-order chi connectivity index (χ0) is 21.0. The number of halogens is 1. The van der Waals surface area contributed by atoms with Crippen molar-refractivity contribution in [1.29, 1.82) is 0 Å². The molecule has 0 amide bonds. The van der Waals surface area contributed by atoms with Gasteiger partial charge in [-0.1, -0.05) is 77.8 Å². The summed E-state index contributed by atoms with van der Waals surface area (Å²) in [6, 6.07) is 21.5. The maximum Gasteiger partial charge on any atom is 0.0700 e. The Morgan fingerprint density at radius 3 is 2.07 bits per heavy atom. The van der Waals surface area contributed by atoms with E-state index in [4.69, 9.17) is 9.47 Å². The SMILES string of the molecule is CCCCOCCOCCc1ccc(-c2ccc(C=Cc3ccc(Br)cc3)cc2)s1. The average molecular weight is 485 g/mol. The largest absolute Gasteiger partial charge is 0.379 e. The van der Waals surface area contributed by atoms with E-state index in [1.54, 1.807) is 0 Å². The van der Waals surface area contributed by atoms with Crippen molar-refractivity contribution < 1.29 is 9.47 Å². The summed E-state index contributed by atoms with van der Waals surface area (Å²) in [6.07, 6.45) is 7.54. The van der Waals surface area contributed by atoms with Crippen LogP contribution in [-0.4, -0.2) is 26.4 Å². The average Bonchev–Trinajstić information content (AvgIpc) is 3.24. The van der Waals surface area contributed by atoms with Gasteiger partial charge in [0.25, 0.3) is 0 Å². The Hall–Kier alpha value is -1.72. The topological polar surface area (TPSA) is 18.5 Å². The second-order valence-corrected chi connectivity index (χ2v) is 9.19. The van der Waals surface area contributed by atoms with Gasteiger partial charge >= 0.3 is 0 Å². The van der Waals surface area contributed by atoms with Gasteiger partial charge in [-0.3, -0.25) is 0 Å². The fourth-order valence-corrected chi connectivity index (χ4v) is 4.19. The number of unbranched alkanes of at least 4 members (excludes halogenated alkanes) is 1. The second-order valence-electron chi connectivity index (χ2n) is 7.10. The number of ether oxygens (including phenoxy) is 2. The first-order chi connectivity index (χ1) is 14.7. The molecule has 0 aliphatic carbocycles. The van der Waals surface area contributed by atoms with Crippen molar-refractivity contribution in [1.82, 2.24) is 0 Å². The first-order valence-electron chi connectivity index (χ1n) is 10.5. The molecule has 1 aromatic heterocycles. The summed E-state index contributed by atoms with van der Waals surface area (Å²) in [4.78, 5) is 2.66. The van der Waals surface area contributed by atoms with E-state index in [0.717, 1.165) is 30.5 Å². The summed E-state index contributed by atoms with van der Waals surface area (Å²) >= 11 is 5.31. The number of benzene rings is 2. The Balaban J connectivity index is 1.44. The maximum atomic E-state index is 5.69. The van der Waals surface area contributed by atoms with Crippen LogP contribution in [0.5, 0.6) is 0 Å². The van der Waals surface area contributed by atoms with E-state index in [0.29, 0.717) is 13.2 Å². The lowest BCUT2D eigenvalue weighted by Crippen LogP contribution is -2.07. The predicted octanol–water partition coefficient (Wildman–Crippen LogP) is 7.72. The van der Waals surface area contributed by atoms with Gasteiger partial charge in [-0.05, 0) is 47.4 Å². The van der Waals surface area contributed by atoms with Crippen LogP contribution in [0.1, 0.15) is 35.8 Å². The summed E-state index contributed by atoms with van der Waals surface area (Å²) in [5.74, 6) is 0. The molecular formula is C26H29BrO2S. The fraction of sp³-hybridized carbons (Fsp3) is 0.308. The Morgan fingerprint density at radius 1 is 0.767 bits per heavy atom. The van der Waals surface area contributed by atoms with Crippen LogP contribution >= 0.6 is 27.3 Å². The highest BCUT2D eigenvalue weighted by Gasteiger charge is 2.03. The molecule has 0 saturated carbocycles. The molecule has 0 spiro atoms. The molecule has 0 saturated heterocycles. The van der Waals surface area contributed by atoms with E-state index in [1.807, 2.05) is 11.3 Å². The van der Waals surface area contributed by atoms with Gasteiger partial charge in [0.2, 0.25) is 0 Å². The van der Waals surface area contributed by atoms with Crippen molar-refractivity contribution in [2.45, 2.75) is 26.2 Å². The second kappa shape index (κ2) is 12.9. The van der Waals surface area contributed by atoms with Gasteiger partial charge in [-0.2, -0.15) is 0 Å². The molecule has 0 aliphatic heterocycles. The molecule has 158 valence electrons. The van der Waals surface area contributed by atoms with Gasteiger partial charge in [-0.25, -0.2) is 0 Å². The normalized spacial score (nSPS) is 11.4. The smallest absolute Gasteiger partial charge is 0.0700 e. The highest BCUT2D eigenvalue weighted by Crippen LogP contribution is 2.29. The van der Waals surface area contributed by atoms with Crippen molar-refractivity contribution >= 4 is 39.4 Å². The Bertz CT molecular complexity index is 898. The first kappa shape index (κ1) is 23.0. The minimum atomic E-state index is 0.678. The number of hydrogen-bond donors (Lipinski definition) is 0. The molecule has 0 N–H and O–H groups in total. The molecule has 0 fully saturated rings. The standard InChI is InChI=1S/C26H29BrO2S/c1-2-3-17-28-19-20-29-18-16-25-14-15-26(30-25)23-10-6-21(7-11-23)4-5-22-8-12-24(27)13-9-22/h4-15H,2-3,16-20H2,1H3. The van der Waals surface area contributed by atoms with E-state index in [9.17, 15) is 0 Å². The van der Waals surface area contributed by atoms with E-state index in [1.165, 1.54) is 32.9 Å². The van der Waals surface area contributed by atoms with Crippen LogP contribution in [-0.2, 0) is 15.9 Å². The van der Waals surface area contributed by atoms with Crippen LogP contribution in [0.2, 0.25) is 0 Å². The highest BCUT2D eigenvalue weighted by molar-refractivity contribution is 9.10. The molecule has 3 aromatic rings. The van der Waals surface area contributed by atoms with Crippen molar-refractivity contribution in [3.63, 3.8) is 0 Å². The number of thiophene rings is 1. The highest BCUT2D eigenvalue weighted by atomic mass is 79.9. The van der Waals surface area contributed by atoms with Crippen molar-refractivity contribution in [3.8, 4) is 10.4 Å². The first-order valence-corrected chi connectivity index (χ1v) is 12.1. The maximum absolute atomic E-state index is 5.69. The zero-order valence-corrected chi connectivity index (χ0v) is 19.9. The number of hydrogen-bond acceptors (Lipinski definition) is 3. The van der Waals surface area contributed by atoms with Gasteiger partial charge in [-0.15, -0.1) is 11.3 Å². The van der Waals surface area contributed by atoms with E-state index < -0.39 is 0 Å². The van der Waals surface area contributed by atoms with Crippen LogP contribution in [0, 0.1) is 0 Å². The van der Waals surface area contributed by atoms with Crippen LogP contribution in [0.3, 0.4) is 0 Å². The minimum absolute atomic E-state index is 0.678. The Labute approximate surface area is 192 Å². The third-order valence-electron chi connectivity index (χ3n) is 4.70. The summed E-state index contributed by atoms with van der Waals surface area (Å²) in [6.45, 7) is 5.13. The van der Waals surface area contributed by atoms with E-state index in [-0.39, 0.29) is 0 Å². The van der Waals surface area contributed by atoms with Gasteiger partial charge in [0.1, 0.15) is 0 Å². The molecular weight excluding hydrogens is 456 g/mol. The van der Waals surface area contributed by atoms with Gasteiger partial charge in [0.15, 0.2) is 0 Å². The third-order valence-corrected chi connectivity index (χ3v) is 6.42. The molecule has 4 heteroatoms. The summed E-state index contributed by atoms with van der Waals surface area (Å²) in [7, 11) is 0. The lowest BCUT2D eigenvalue weighted by atomic mass is 10.1. The third kappa shape index (κ3) is 7.84. The van der Waals surface area contributed by atoms with Crippen LogP contribution in [0.25, 0.3) is 22.6 Å². The van der Waals surface area contributed by atoms with Gasteiger partial charge in [0.05, 0.1) is 19.8 Å². The van der Waals surface area contributed by atoms with E-state index >= 15 is 0 Å². The molecule has 0 unspecified atom stereocenters. The lowest BCUT2D eigenvalue weighted by Gasteiger charge is -2.04. The van der Waals surface area contributed by atoms with Crippen molar-refractivity contribution in [2.75, 3.05) is 26.4 Å². The van der Waals surface area contributed by atoms with Gasteiger partial charge < -0.3 is 9.47 Å². The molecule has 0 radical (unpaired) electrons. The monoisotopic (exact) mass is 484 g/mol. The van der Waals surface area contributed by atoms with Gasteiger partial charge in [0, 0.05) is 27.3 Å². The predicted molar refractivity (Wildman–Crippen MR) is 133 cm³/mol. The minimum Gasteiger partial charge on any atom is -0.379 e. The van der Waals surface area contributed by atoms with Crippen molar-refractivity contribution in [3.05, 3.63) is 81.1 Å². The quantitative estimate of drug-likeness (QED) is 0.193. The van der Waals surface area contributed by atoms with Crippen LogP contribution < -0.4 is 0 Å². The summed E-state index contributed by atoms with van der Waals surface area (Å²) in [5.41, 5.74) is 3.66. The van der Waals surface area contributed by atoms with Crippen LogP contribution in [0.4, 0.5) is 0 Å². The zero-order valence-electron chi connectivity index (χ0n) is 17.5. The molecule has 2 nitrogen and oxygen atoms in total. The molecule has 0 bridgehead atoms. The Morgan fingerprint density at radius 2 is 1.40 bits per heavy atom. The van der Waals surface area contributed by atoms with Crippen molar-refractivity contribution in [2.24, 2.45) is 0 Å². The molecule has 30 heavy (non-hydrogen) atoms. The fourth-order valence-electron chi connectivity index (χ4n) is 2.93. The van der Waals surface area contributed by atoms with E-state index in [2.05, 4.69) is 95.7 Å². The molecule has 1 heterocycles. The lowest BCUT2D eigenvalue weighted by molar-refractivity contribution is 0.0480. The number of rotatable bonds is 12. The molecule has 0 aliphatic rings. The Kier molecular flexibility index (Phi) is 9.84.